The van der Waals surface area contributed by atoms with Crippen LogP contribution in [-0.4, -0.2) is 0 Å². The van der Waals surface area contributed by atoms with Gasteiger partial charge in [0.1, 0.15) is 11.2 Å². The Morgan fingerprint density at radius 1 is 0.353 bits per heavy atom. The summed E-state index contributed by atoms with van der Waals surface area (Å²) in [6.07, 6.45) is 0. The molecular weight excluding hydrogens is 619 g/mol. The fraction of sp³-hybridized carbons (Fsp3) is 0.0204. The average molecular weight is 652 g/mol. The van der Waals surface area contributed by atoms with Crippen molar-refractivity contribution in [2.45, 2.75) is 5.41 Å². The first-order chi connectivity index (χ1) is 25.3. The van der Waals surface area contributed by atoms with E-state index < -0.39 is 5.41 Å². The maximum absolute atomic E-state index is 6.86. The zero-order chi connectivity index (χ0) is 33.8. The van der Waals surface area contributed by atoms with E-state index in [1.54, 1.807) is 0 Å². The van der Waals surface area contributed by atoms with Gasteiger partial charge in [0, 0.05) is 16.6 Å². The van der Waals surface area contributed by atoms with Crippen molar-refractivity contribution in [2.75, 3.05) is 4.90 Å². The molecule has 0 bridgehead atoms. The zero-order valence-corrected chi connectivity index (χ0v) is 27.9. The summed E-state index contributed by atoms with van der Waals surface area (Å²) >= 11 is 0. The van der Waals surface area contributed by atoms with Crippen LogP contribution < -0.4 is 4.90 Å². The van der Waals surface area contributed by atoms with E-state index >= 15 is 0 Å². The quantitative estimate of drug-likeness (QED) is 0.178. The lowest BCUT2D eigenvalue weighted by atomic mass is 9.66. The van der Waals surface area contributed by atoms with E-state index in [2.05, 4.69) is 205 Å². The Labute approximate surface area is 297 Å². The minimum absolute atomic E-state index is 0.572. The third kappa shape index (κ3) is 4.36. The molecule has 0 N–H and O–H groups in total. The molecule has 1 aromatic heterocycles. The van der Waals surface area contributed by atoms with Crippen LogP contribution in [0.3, 0.4) is 0 Å². The topological polar surface area (TPSA) is 16.4 Å². The molecule has 51 heavy (non-hydrogen) atoms. The van der Waals surface area contributed by atoms with Gasteiger partial charge in [-0.2, -0.15) is 0 Å². The summed E-state index contributed by atoms with van der Waals surface area (Å²) in [5.74, 6) is 0. The highest BCUT2D eigenvalue weighted by Gasteiger charge is 2.47. The summed E-state index contributed by atoms with van der Waals surface area (Å²) in [6.45, 7) is 0. The molecule has 0 saturated carbocycles. The minimum Gasteiger partial charge on any atom is -0.456 e. The van der Waals surface area contributed by atoms with Crippen LogP contribution in [-0.2, 0) is 5.41 Å². The van der Waals surface area contributed by atoms with Crippen molar-refractivity contribution in [1.82, 2.24) is 0 Å². The van der Waals surface area contributed by atoms with Crippen LogP contribution >= 0.6 is 0 Å². The first kappa shape index (κ1) is 29.3. The summed E-state index contributed by atoms with van der Waals surface area (Å²) in [5, 5.41) is 2.21. The van der Waals surface area contributed by atoms with E-state index in [9.17, 15) is 0 Å². The van der Waals surface area contributed by atoms with Crippen molar-refractivity contribution in [2.24, 2.45) is 0 Å². The van der Waals surface area contributed by atoms with E-state index in [0.29, 0.717) is 0 Å². The second-order valence-electron chi connectivity index (χ2n) is 13.2. The van der Waals surface area contributed by atoms with Crippen LogP contribution in [0, 0.1) is 0 Å². The van der Waals surface area contributed by atoms with E-state index in [4.69, 9.17) is 4.42 Å². The monoisotopic (exact) mass is 651 g/mol. The lowest BCUT2D eigenvalue weighted by Gasteiger charge is -2.34. The second-order valence-corrected chi connectivity index (χ2v) is 13.2. The second kappa shape index (κ2) is 11.8. The molecule has 8 aromatic carbocycles. The Kier molecular flexibility index (Phi) is 6.75. The van der Waals surface area contributed by atoms with Crippen LogP contribution in [0.2, 0.25) is 0 Å². The molecule has 1 aliphatic carbocycles. The summed E-state index contributed by atoms with van der Waals surface area (Å²) < 4.78 is 6.86. The number of rotatable bonds is 6. The molecule has 240 valence electrons. The van der Waals surface area contributed by atoms with E-state index in [1.807, 2.05) is 0 Å². The highest BCUT2D eigenvalue weighted by Crippen LogP contribution is 2.58. The van der Waals surface area contributed by atoms with Crippen molar-refractivity contribution in [3.05, 3.63) is 222 Å². The largest absolute Gasteiger partial charge is 0.456 e. The number of anilines is 3. The van der Waals surface area contributed by atoms with Gasteiger partial charge in [-0.3, -0.25) is 0 Å². The van der Waals surface area contributed by atoms with Crippen molar-refractivity contribution in [3.63, 3.8) is 0 Å². The maximum Gasteiger partial charge on any atom is 0.137 e. The molecule has 0 atom stereocenters. The smallest absolute Gasteiger partial charge is 0.137 e. The van der Waals surface area contributed by atoms with E-state index in [1.165, 1.54) is 38.9 Å². The number of hydrogen-bond acceptors (Lipinski definition) is 2. The van der Waals surface area contributed by atoms with Gasteiger partial charge in [0.2, 0.25) is 0 Å². The number of hydrogen-bond donors (Lipinski definition) is 0. The number of para-hydroxylation sites is 2. The predicted octanol–water partition coefficient (Wildman–Crippen LogP) is 13.1. The van der Waals surface area contributed by atoms with Gasteiger partial charge in [-0.15, -0.1) is 0 Å². The first-order valence-electron chi connectivity index (χ1n) is 17.5. The van der Waals surface area contributed by atoms with Crippen molar-refractivity contribution < 1.29 is 4.42 Å². The van der Waals surface area contributed by atoms with E-state index in [-0.39, 0.29) is 0 Å². The molecule has 0 saturated heterocycles. The third-order valence-electron chi connectivity index (χ3n) is 10.5. The Morgan fingerprint density at radius 3 is 1.53 bits per heavy atom. The number of fused-ring (bicyclic) bond motifs is 6. The molecule has 2 nitrogen and oxygen atoms in total. The van der Waals surface area contributed by atoms with Crippen molar-refractivity contribution in [1.29, 1.82) is 0 Å². The summed E-state index contributed by atoms with van der Waals surface area (Å²) in [6, 6.07) is 72.0. The van der Waals surface area contributed by atoms with Crippen molar-refractivity contribution in [3.8, 4) is 22.3 Å². The number of benzene rings is 8. The van der Waals surface area contributed by atoms with Crippen LogP contribution in [0.1, 0.15) is 22.3 Å². The molecule has 9 aromatic rings. The minimum atomic E-state index is -0.572. The van der Waals surface area contributed by atoms with Gasteiger partial charge in [0.15, 0.2) is 0 Å². The van der Waals surface area contributed by atoms with Gasteiger partial charge in [-0.1, -0.05) is 164 Å². The Balaban J connectivity index is 1.35. The lowest BCUT2D eigenvalue weighted by molar-refractivity contribution is 0.667. The van der Waals surface area contributed by atoms with Crippen LogP contribution in [0.25, 0.3) is 44.2 Å². The first-order valence-corrected chi connectivity index (χ1v) is 17.5. The van der Waals surface area contributed by atoms with Gasteiger partial charge < -0.3 is 9.32 Å². The fourth-order valence-electron chi connectivity index (χ4n) is 8.54. The lowest BCUT2D eigenvalue weighted by Crippen LogP contribution is -2.28. The molecule has 0 spiro atoms. The molecule has 0 aliphatic heterocycles. The molecule has 1 aliphatic rings. The molecule has 10 rings (SSSR count). The third-order valence-corrected chi connectivity index (χ3v) is 10.5. The summed E-state index contributed by atoms with van der Waals surface area (Å²) in [5.41, 5.74) is 14.3. The van der Waals surface area contributed by atoms with Gasteiger partial charge >= 0.3 is 0 Å². The number of nitrogens with zero attached hydrogens (tertiary/aromatic N) is 1. The molecule has 0 radical (unpaired) electrons. The van der Waals surface area contributed by atoms with Gasteiger partial charge in [-0.25, -0.2) is 0 Å². The predicted molar refractivity (Wildman–Crippen MR) is 211 cm³/mol. The molecule has 1 heterocycles. The van der Waals surface area contributed by atoms with Crippen LogP contribution in [0.15, 0.2) is 205 Å². The van der Waals surface area contributed by atoms with Gasteiger partial charge in [-0.05, 0) is 75.3 Å². The zero-order valence-electron chi connectivity index (χ0n) is 27.9. The summed E-state index contributed by atoms with van der Waals surface area (Å²) in [7, 11) is 0. The molecule has 0 unspecified atom stereocenters. The Hall–Kier alpha value is -6.64. The SMILES string of the molecule is c1ccc(-c2ccccc2N(c2ccccc2)c2cccc3oc4cccc(C5(c6ccccc6)c6ccccc6-c6ccccc65)c4c23)cc1. The summed E-state index contributed by atoms with van der Waals surface area (Å²) in [4.78, 5) is 2.40. The van der Waals surface area contributed by atoms with Crippen molar-refractivity contribution >= 4 is 39.0 Å². The molecule has 2 heteroatoms. The van der Waals surface area contributed by atoms with Gasteiger partial charge in [0.05, 0.1) is 22.2 Å². The average Bonchev–Trinajstić information content (AvgIpc) is 3.74. The normalized spacial score (nSPS) is 12.9. The highest BCUT2D eigenvalue weighted by atomic mass is 16.3. The Morgan fingerprint density at radius 2 is 0.843 bits per heavy atom. The van der Waals surface area contributed by atoms with Crippen LogP contribution in [0.5, 0.6) is 0 Å². The van der Waals surface area contributed by atoms with Crippen LogP contribution in [0.4, 0.5) is 17.1 Å². The molecular formula is C49H33NO. The molecule has 0 amide bonds. The highest BCUT2D eigenvalue weighted by molar-refractivity contribution is 6.16. The fourth-order valence-corrected chi connectivity index (χ4v) is 8.54. The maximum atomic E-state index is 6.86. The standard InChI is InChI=1S/C49H33NO/c1-4-18-34(19-5-1)37-24-12-15-30-43(37)50(36-22-8-3-9-23-36)44-31-17-33-46-48(44)47-42(29-16-32-45(47)51-46)49(35-20-6-2-7-21-35)40-27-13-10-25-38(40)39-26-11-14-28-41(39)49/h1-33H. The Bertz CT molecular complexity index is 2650. The van der Waals surface area contributed by atoms with E-state index in [0.717, 1.165) is 44.6 Å². The molecule has 0 fully saturated rings. The number of furan rings is 1. The van der Waals surface area contributed by atoms with Gasteiger partial charge in [0.25, 0.3) is 0 Å².